The smallest absolute Gasteiger partial charge is 0.243 e. The Morgan fingerprint density at radius 1 is 1.57 bits per heavy atom. The highest BCUT2D eigenvalue weighted by atomic mass is 16.6. The van der Waals surface area contributed by atoms with E-state index < -0.39 is 6.10 Å². The highest BCUT2D eigenvalue weighted by molar-refractivity contribution is 5.44. The second-order valence-electron chi connectivity index (χ2n) is 2.72. The number of nitrogen functional groups attached to an aromatic ring is 1. The Kier molecular flexibility index (Phi) is 1.89. The number of aromatic nitrogens is 5. The topological polar surface area (TPSA) is 116 Å². The summed E-state index contributed by atoms with van der Waals surface area (Å²) in [7, 11) is 0. The summed E-state index contributed by atoms with van der Waals surface area (Å²) in [6.07, 6.45) is 0.694. The van der Waals surface area contributed by atoms with Crippen molar-refractivity contribution < 1.29 is 9.74 Å². The average molecular weight is 196 g/mol. The quantitative estimate of drug-likeness (QED) is 0.651. The second kappa shape index (κ2) is 3.07. The first-order valence-electron chi connectivity index (χ1n) is 3.87. The Labute approximate surface area is 78.3 Å². The molecule has 8 nitrogen and oxygen atoms in total. The fourth-order valence-electron chi connectivity index (χ4n) is 1.03. The maximum Gasteiger partial charge on any atom is 0.243 e. The van der Waals surface area contributed by atoms with E-state index in [0.29, 0.717) is 5.69 Å². The van der Waals surface area contributed by atoms with E-state index in [1.807, 2.05) is 0 Å². The van der Waals surface area contributed by atoms with Crippen LogP contribution < -0.4 is 5.73 Å². The third-order valence-corrected chi connectivity index (χ3v) is 1.70. The number of rotatable bonds is 2. The number of hydrogen-bond donors (Lipinski definition) is 2. The molecule has 0 unspecified atom stereocenters. The average Bonchev–Trinajstić information content (AvgIpc) is 2.70. The monoisotopic (exact) mass is 196 g/mol. The fraction of sp³-hybridized carbons (Fsp3) is 0.333. The zero-order chi connectivity index (χ0) is 10.1. The molecule has 0 fully saturated rings. The largest absolute Gasteiger partial charge is 0.387 e. The lowest BCUT2D eigenvalue weighted by atomic mass is 10.3. The Balaban J connectivity index is 2.52. The van der Waals surface area contributed by atoms with Crippen molar-refractivity contribution in [3.63, 3.8) is 0 Å². The molecule has 1 atom stereocenters. The zero-order valence-electron chi connectivity index (χ0n) is 7.32. The normalized spacial score (nSPS) is 13.0. The first-order chi connectivity index (χ1) is 6.70. The van der Waals surface area contributed by atoms with E-state index in [2.05, 4.69) is 25.3 Å². The van der Waals surface area contributed by atoms with Crippen molar-refractivity contribution >= 4 is 5.82 Å². The van der Waals surface area contributed by atoms with Gasteiger partial charge in [0, 0.05) is 0 Å². The minimum Gasteiger partial charge on any atom is -0.387 e. The Hall–Kier alpha value is -1.96. The third kappa shape index (κ3) is 1.21. The van der Waals surface area contributed by atoms with Gasteiger partial charge in [0.15, 0.2) is 0 Å². The van der Waals surface area contributed by atoms with Crippen LogP contribution in [-0.2, 0) is 0 Å². The Morgan fingerprint density at radius 2 is 2.36 bits per heavy atom. The summed E-state index contributed by atoms with van der Waals surface area (Å²) >= 11 is 0. The van der Waals surface area contributed by atoms with Gasteiger partial charge in [0.2, 0.25) is 11.6 Å². The van der Waals surface area contributed by atoms with Gasteiger partial charge in [-0.2, -0.15) is 4.68 Å². The summed E-state index contributed by atoms with van der Waals surface area (Å²) in [5.41, 5.74) is 5.93. The van der Waals surface area contributed by atoms with Gasteiger partial charge in [0.25, 0.3) is 0 Å². The van der Waals surface area contributed by atoms with Crippen LogP contribution in [0.5, 0.6) is 0 Å². The molecule has 8 heteroatoms. The number of nitrogens with zero attached hydrogens (tertiary/aromatic N) is 5. The van der Waals surface area contributed by atoms with Crippen molar-refractivity contribution in [3.05, 3.63) is 11.9 Å². The van der Waals surface area contributed by atoms with Crippen LogP contribution >= 0.6 is 0 Å². The van der Waals surface area contributed by atoms with Gasteiger partial charge in [0.05, 0.1) is 18.0 Å². The van der Waals surface area contributed by atoms with Crippen molar-refractivity contribution in [2.24, 2.45) is 0 Å². The lowest BCUT2D eigenvalue weighted by Gasteiger charge is -2.03. The molecule has 3 N–H and O–H groups in total. The van der Waals surface area contributed by atoms with Crippen LogP contribution in [0.1, 0.15) is 18.7 Å². The number of aliphatic hydroxyl groups is 1. The predicted octanol–water partition coefficient (Wildman–Crippen LogP) is -0.714. The molecule has 2 heterocycles. The molecule has 0 saturated carbocycles. The van der Waals surface area contributed by atoms with Gasteiger partial charge in [-0.3, -0.25) is 0 Å². The third-order valence-electron chi connectivity index (χ3n) is 1.70. The molecule has 14 heavy (non-hydrogen) atoms. The molecule has 0 aliphatic heterocycles. The maximum absolute atomic E-state index is 9.36. The van der Waals surface area contributed by atoms with Crippen LogP contribution in [0, 0.1) is 0 Å². The van der Waals surface area contributed by atoms with E-state index in [4.69, 9.17) is 5.73 Å². The molecule has 2 aromatic rings. The van der Waals surface area contributed by atoms with E-state index in [1.165, 1.54) is 10.9 Å². The molecular formula is C6H8N6O2. The van der Waals surface area contributed by atoms with Crippen molar-refractivity contribution in [2.45, 2.75) is 13.0 Å². The summed E-state index contributed by atoms with van der Waals surface area (Å²) in [6, 6.07) is 0. The Morgan fingerprint density at radius 3 is 2.93 bits per heavy atom. The summed E-state index contributed by atoms with van der Waals surface area (Å²) in [4.78, 5) is 0. The molecule has 0 bridgehead atoms. The second-order valence-corrected chi connectivity index (χ2v) is 2.72. The minimum absolute atomic E-state index is 0.0948. The van der Waals surface area contributed by atoms with E-state index >= 15 is 0 Å². The molecule has 0 aliphatic rings. The van der Waals surface area contributed by atoms with Crippen LogP contribution in [0.25, 0.3) is 5.82 Å². The van der Waals surface area contributed by atoms with Gasteiger partial charge < -0.3 is 10.8 Å². The molecular weight excluding hydrogens is 188 g/mol. The van der Waals surface area contributed by atoms with Crippen LogP contribution in [0.4, 0.5) is 5.82 Å². The van der Waals surface area contributed by atoms with Gasteiger partial charge in [-0.25, -0.2) is 4.63 Å². The van der Waals surface area contributed by atoms with Gasteiger partial charge >= 0.3 is 0 Å². The Bertz CT molecular complexity index is 433. The SMILES string of the molecule is C[C@H](O)c1cnnn1-c1nonc1N. The minimum atomic E-state index is -0.721. The van der Waals surface area contributed by atoms with Gasteiger partial charge in [-0.15, -0.1) is 5.10 Å². The van der Waals surface area contributed by atoms with Crippen LogP contribution in [0.3, 0.4) is 0 Å². The highest BCUT2D eigenvalue weighted by Crippen LogP contribution is 2.16. The molecule has 0 spiro atoms. The standard InChI is InChI=1S/C6H8N6O2/c1-3(13)4-2-8-11-12(4)6-5(7)9-14-10-6/h2-3,13H,1H3,(H2,7,9)/t3-/m0/s1. The maximum atomic E-state index is 9.36. The molecule has 2 rings (SSSR count). The molecule has 0 radical (unpaired) electrons. The molecule has 0 amide bonds. The summed E-state index contributed by atoms with van der Waals surface area (Å²) in [5, 5.41) is 23.6. The number of hydrogen-bond acceptors (Lipinski definition) is 7. The predicted molar refractivity (Wildman–Crippen MR) is 44.3 cm³/mol. The van der Waals surface area contributed by atoms with E-state index in [-0.39, 0.29) is 11.6 Å². The summed E-state index contributed by atoms with van der Waals surface area (Å²) < 4.78 is 5.68. The van der Waals surface area contributed by atoms with Gasteiger partial charge in [-0.1, -0.05) is 5.21 Å². The van der Waals surface area contributed by atoms with Gasteiger partial charge in [-0.05, 0) is 17.2 Å². The number of nitrogens with two attached hydrogens (primary N) is 1. The van der Waals surface area contributed by atoms with Crippen molar-refractivity contribution in [1.29, 1.82) is 0 Å². The van der Waals surface area contributed by atoms with Crippen LogP contribution in [-0.4, -0.2) is 30.4 Å². The molecule has 2 aromatic heterocycles. The first kappa shape index (κ1) is 8.63. The van der Waals surface area contributed by atoms with Crippen LogP contribution in [0.2, 0.25) is 0 Å². The summed E-state index contributed by atoms with van der Waals surface area (Å²) in [6.45, 7) is 1.58. The first-order valence-corrected chi connectivity index (χ1v) is 3.87. The lowest BCUT2D eigenvalue weighted by molar-refractivity contribution is 0.190. The molecule has 74 valence electrons. The zero-order valence-corrected chi connectivity index (χ0v) is 7.32. The number of aliphatic hydroxyl groups excluding tert-OH is 1. The number of anilines is 1. The van der Waals surface area contributed by atoms with E-state index in [0.717, 1.165) is 0 Å². The van der Waals surface area contributed by atoms with Gasteiger partial charge in [0.1, 0.15) is 0 Å². The summed E-state index contributed by atoms with van der Waals surface area (Å²) in [5.74, 6) is 0.316. The van der Waals surface area contributed by atoms with E-state index in [1.54, 1.807) is 6.92 Å². The molecule has 0 aliphatic carbocycles. The van der Waals surface area contributed by atoms with Crippen molar-refractivity contribution in [3.8, 4) is 5.82 Å². The highest BCUT2D eigenvalue weighted by Gasteiger charge is 2.16. The van der Waals surface area contributed by atoms with Crippen molar-refractivity contribution in [2.75, 3.05) is 5.73 Å². The van der Waals surface area contributed by atoms with Crippen LogP contribution in [0.15, 0.2) is 10.8 Å². The fourth-order valence-corrected chi connectivity index (χ4v) is 1.03. The molecule has 0 saturated heterocycles. The van der Waals surface area contributed by atoms with E-state index in [9.17, 15) is 5.11 Å². The molecule has 0 aromatic carbocycles. The van der Waals surface area contributed by atoms with Crippen molar-refractivity contribution in [1.82, 2.24) is 25.3 Å². The lowest BCUT2D eigenvalue weighted by Crippen LogP contribution is -2.07.